The third kappa shape index (κ3) is 2.74. The van der Waals surface area contributed by atoms with Crippen LogP contribution in [0.4, 0.5) is 0 Å². The molecule has 0 amide bonds. The molecule has 1 aromatic carbocycles. The number of hydrogen-bond acceptors (Lipinski definition) is 2. The van der Waals surface area contributed by atoms with Crippen LogP contribution in [0.5, 0.6) is 0 Å². The van der Waals surface area contributed by atoms with Gasteiger partial charge in [-0.2, -0.15) is 0 Å². The Morgan fingerprint density at radius 1 is 1.25 bits per heavy atom. The van der Waals surface area contributed by atoms with Crippen LogP contribution in [0.1, 0.15) is 24.8 Å². The third-order valence-corrected chi connectivity index (χ3v) is 4.98. The van der Waals surface area contributed by atoms with Gasteiger partial charge in [-0.25, -0.2) is 0 Å². The van der Waals surface area contributed by atoms with Gasteiger partial charge in [-0.1, -0.05) is 30.3 Å². The predicted octanol–water partition coefficient (Wildman–Crippen LogP) is 3.26. The minimum Gasteiger partial charge on any atom is -0.633 e. The van der Waals surface area contributed by atoms with Crippen molar-refractivity contribution in [2.45, 2.75) is 31.8 Å². The van der Waals surface area contributed by atoms with Gasteiger partial charge in [0.25, 0.3) is 0 Å². The van der Waals surface area contributed by atoms with E-state index in [4.69, 9.17) is 4.74 Å². The topological polar surface area (TPSA) is 32.3 Å². The van der Waals surface area contributed by atoms with Gasteiger partial charge >= 0.3 is 0 Å². The lowest BCUT2D eigenvalue weighted by molar-refractivity contribution is -0.868. The summed E-state index contributed by atoms with van der Waals surface area (Å²) in [6, 6.07) is 10.5. The summed E-state index contributed by atoms with van der Waals surface area (Å²) in [5, 5.41) is 12.1. The molecule has 1 spiro atoms. The Bertz CT molecular complexity index is 471. The summed E-state index contributed by atoms with van der Waals surface area (Å²) >= 11 is 0. The standard InChI is InChI=1S/C17H23NO2/c1-18(19)11-9-17(10-12-18)8-5-13-20-16(17)14-15-6-3-2-4-7-15/h2-7,13,16H,8-12,14H2,1H3. The van der Waals surface area contributed by atoms with Crippen LogP contribution in [-0.2, 0) is 11.2 Å². The van der Waals surface area contributed by atoms with Gasteiger partial charge in [-0.15, -0.1) is 0 Å². The van der Waals surface area contributed by atoms with E-state index in [0.717, 1.165) is 25.7 Å². The quantitative estimate of drug-likeness (QED) is 0.612. The molecule has 1 unspecified atom stereocenters. The van der Waals surface area contributed by atoms with Gasteiger partial charge in [0.05, 0.1) is 26.4 Å². The highest BCUT2D eigenvalue weighted by molar-refractivity contribution is 5.17. The SMILES string of the molecule is C[N+]1([O-])CCC2(CC=COC2Cc2ccccc2)CC1. The maximum atomic E-state index is 12.1. The van der Waals surface area contributed by atoms with E-state index >= 15 is 0 Å². The highest BCUT2D eigenvalue weighted by Gasteiger charge is 2.45. The zero-order valence-corrected chi connectivity index (χ0v) is 12.1. The zero-order chi connectivity index (χ0) is 14.1. The van der Waals surface area contributed by atoms with Crippen molar-refractivity contribution in [3.63, 3.8) is 0 Å². The highest BCUT2D eigenvalue weighted by Crippen LogP contribution is 2.44. The first-order valence-electron chi connectivity index (χ1n) is 7.50. The zero-order valence-electron chi connectivity index (χ0n) is 12.1. The van der Waals surface area contributed by atoms with Crippen molar-refractivity contribution in [2.75, 3.05) is 20.1 Å². The fraction of sp³-hybridized carbons (Fsp3) is 0.529. The maximum Gasteiger partial charge on any atom is 0.108 e. The number of likely N-dealkylation sites (tertiary alicyclic amines) is 1. The van der Waals surface area contributed by atoms with Gasteiger partial charge in [0.15, 0.2) is 0 Å². The van der Waals surface area contributed by atoms with Crippen molar-refractivity contribution in [1.82, 2.24) is 0 Å². The van der Waals surface area contributed by atoms with Crippen molar-refractivity contribution in [3.05, 3.63) is 53.4 Å². The normalized spacial score (nSPS) is 36.8. The van der Waals surface area contributed by atoms with E-state index in [9.17, 15) is 5.21 Å². The molecular weight excluding hydrogens is 250 g/mol. The van der Waals surface area contributed by atoms with E-state index in [1.807, 2.05) is 12.3 Å². The molecule has 2 heterocycles. The average Bonchev–Trinajstić information content (AvgIpc) is 2.46. The lowest BCUT2D eigenvalue weighted by atomic mass is 9.69. The van der Waals surface area contributed by atoms with Crippen molar-refractivity contribution < 1.29 is 9.38 Å². The number of hydrogen-bond donors (Lipinski definition) is 0. The average molecular weight is 273 g/mol. The van der Waals surface area contributed by atoms with Gasteiger partial charge in [0, 0.05) is 24.7 Å². The number of allylic oxidation sites excluding steroid dienone is 1. The highest BCUT2D eigenvalue weighted by atomic mass is 16.5. The van der Waals surface area contributed by atoms with Gasteiger partial charge in [-0.05, 0) is 18.1 Å². The predicted molar refractivity (Wildman–Crippen MR) is 79.7 cm³/mol. The lowest BCUT2D eigenvalue weighted by Crippen LogP contribution is -2.53. The van der Waals surface area contributed by atoms with Gasteiger partial charge in [-0.3, -0.25) is 0 Å². The number of piperidine rings is 1. The minimum atomic E-state index is -0.0937. The monoisotopic (exact) mass is 273 g/mol. The third-order valence-electron chi connectivity index (χ3n) is 4.98. The summed E-state index contributed by atoms with van der Waals surface area (Å²) in [6.45, 7) is 1.42. The second-order valence-corrected chi connectivity index (χ2v) is 6.50. The van der Waals surface area contributed by atoms with Crippen molar-refractivity contribution in [2.24, 2.45) is 5.41 Å². The number of rotatable bonds is 2. The number of benzene rings is 1. The molecule has 0 radical (unpaired) electrons. The molecule has 0 aromatic heterocycles. The fourth-order valence-electron chi connectivity index (χ4n) is 3.48. The van der Waals surface area contributed by atoms with Crippen LogP contribution in [0.2, 0.25) is 0 Å². The molecule has 0 bridgehead atoms. The van der Waals surface area contributed by atoms with Crippen molar-refractivity contribution >= 4 is 0 Å². The van der Waals surface area contributed by atoms with E-state index in [0.29, 0.717) is 13.1 Å². The van der Waals surface area contributed by atoms with E-state index < -0.39 is 0 Å². The molecule has 1 atom stereocenters. The van der Waals surface area contributed by atoms with E-state index in [-0.39, 0.29) is 16.2 Å². The van der Waals surface area contributed by atoms with E-state index in [2.05, 4.69) is 30.3 Å². The minimum absolute atomic E-state index is 0.0937. The molecule has 3 rings (SSSR count). The van der Waals surface area contributed by atoms with Crippen LogP contribution in [0, 0.1) is 10.6 Å². The van der Waals surface area contributed by atoms with Crippen LogP contribution in [0.15, 0.2) is 42.7 Å². The Balaban J connectivity index is 1.77. The molecule has 1 saturated heterocycles. The Hall–Kier alpha value is -1.32. The van der Waals surface area contributed by atoms with Crippen LogP contribution < -0.4 is 0 Å². The van der Waals surface area contributed by atoms with Crippen molar-refractivity contribution in [3.8, 4) is 0 Å². The van der Waals surface area contributed by atoms with Gasteiger partial charge in [0.2, 0.25) is 0 Å². The molecule has 0 N–H and O–H groups in total. The van der Waals surface area contributed by atoms with Crippen LogP contribution in [0.25, 0.3) is 0 Å². The number of quaternary nitrogens is 1. The molecule has 2 aliphatic heterocycles. The number of hydroxylamine groups is 3. The molecular formula is C17H23NO2. The molecule has 1 aromatic rings. The van der Waals surface area contributed by atoms with Crippen LogP contribution in [-0.4, -0.2) is 30.9 Å². The summed E-state index contributed by atoms with van der Waals surface area (Å²) < 4.78 is 5.86. The summed E-state index contributed by atoms with van der Waals surface area (Å²) in [5.41, 5.74) is 1.48. The van der Waals surface area contributed by atoms with E-state index in [1.165, 1.54) is 5.56 Å². The second kappa shape index (κ2) is 5.23. The molecule has 0 aliphatic carbocycles. The van der Waals surface area contributed by atoms with Crippen molar-refractivity contribution in [1.29, 1.82) is 0 Å². The summed E-state index contributed by atoms with van der Waals surface area (Å²) in [7, 11) is 1.79. The Labute approximate surface area is 121 Å². The van der Waals surface area contributed by atoms with Gasteiger partial charge < -0.3 is 14.6 Å². The molecule has 108 valence electrons. The molecule has 2 aliphatic rings. The molecule has 3 heteroatoms. The second-order valence-electron chi connectivity index (χ2n) is 6.50. The molecule has 1 fully saturated rings. The van der Waals surface area contributed by atoms with Gasteiger partial charge in [0.1, 0.15) is 6.10 Å². The summed E-state index contributed by atoms with van der Waals surface area (Å²) in [4.78, 5) is 0. The fourth-order valence-corrected chi connectivity index (χ4v) is 3.48. The first-order valence-corrected chi connectivity index (χ1v) is 7.50. The first kappa shape index (κ1) is 13.7. The summed E-state index contributed by atoms with van der Waals surface area (Å²) in [6.07, 6.45) is 8.10. The summed E-state index contributed by atoms with van der Waals surface area (Å²) in [5.74, 6) is 0. The smallest absolute Gasteiger partial charge is 0.108 e. The first-order chi connectivity index (χ1) is 9.60. The Morgan fingerprint density at radius 2 is 1.95 bits per heavy atom. The molecule has 0 saturated carbocycles. The molecule has 3 nitrogen and oxygen atoms in total. The Morgan fingerprint density at radius 3 is 2.65 bits per heavy atom. The Kier molecular flexibility index (Phi) is 3.57. The largest absolute Gasteiger partial charge is 0.633 e. The number of ether oxygens (including phenoxy) is 1. The van der Waals surface area contributed by atoms with Crippen LogP contribution >= 0.6 is 0 Å². The van der Waals surface area contributed by atoms with E-state index in [1.54, 1.807) is 7.05 Å². The lowest BCUT2D eigenvalue weighted by Gasteiger charge is -2.52. The molecule has 20 heavy (non-hydrogen) atoms. The maximum absolute atomic E-state index is 12.1. The van der Waals surface area contributed by atoms with Crippen LogP contribution in [0.3, 0.4) is 0 Å². The number of nitrogens with zero attached hydrogens (tertiary/aromatic N) is 1.